The third kappa shape index (κ3) is 6.58. The molecule has 1 rings (SSSR count). The number of nitrogens with one attached hydrogen (secondary N) is 1. The molecule has 0 spiro atoms. The van der Waals surface area contributed by atoms with Crippen molar-refractivity contribution in [3.63, 3.8) is 0 Å². The molecule has 0 aliphatic rings. The van der Waals surface area contributed by atoms with E-state index in [0.29, 0.717) is 35.8 Å². The van der Waals surface area contributed by atoms with Crippen LogP contribution in [0.3, 0.4) is 0 Å². The lowest BCUT2D eigenvalue weighted by Gasteiger charge is -2.32. The lowest BCUT2D eigenvalue weighted by molar-refractivity contribution is 0.0512. The molecule has 1 N–H and O–H groups in total. The van der Waals surface area contributed by atoms with Gasteiger partial charge in [-0.05, 0) is 73.3 Å². The van der Waals surface area contributed by atoms with Crippen LogP contribution in [0.15, 0.2) is 0 Å². The van der Waals surface area contributed by atoms with E-state index in [1.165, 1.54) is 0 Å². The smallest absolute Gasteiger partial charge is 0.355 e. The molecular formula is C24H41N3O4. The highest BCUT2D eigenvalue weighted by atomic mass is 16.5. The first-order chi connectivity index (χ1) is 14.3. The Morgan fingerprint density at radius 3 is 2.13 bits per heavy atom. The van der Waals surface area contributed by atoms with E-state index in [-0.39, 0.29) is 18.4 Å². The number of hydrogen-bond acceptors (Lipinski definition) is 4. The van der Waals surface area contributed by atoms with Gasteiger partial charge in [0, 0.05) is 29.9 Å². The van der Waals surface area contributed by atoms with Gasteiger partial charge in [0.2, 0.25) is 0 Å². The van der Waals surface area contributed by atoms with E-state index in [1.54, 1.807) is 25.7 Å². The average Bonchev–Trinajstić information content (AvgIpc) is 2.89. The SMILES string of the molecule is CCOC(=O)c1c(C)c(C(=O)C(C)N(CCC(C)C)C(=O)NC(C)(C)C)c(C)n1CC. The van der Waals surface area contributed by atoms with Crippen molar-refractivity contribution in [3.05, 3.63) is 22.5 Å². The molecule has 2 amide bonds. The summed E-state index contributed by atoms with van der Waals surface area (Å²) in [5.74, 6) is -0.202. The van der Waals surface area contributed by atoms with E-state index in [9.17, 15) is 14.4 Å². The molecule has 7 heteroatoms. The Bertz CT molecular complexity index is 803. The molecule has 31 heavy (non-hydrogen) atoms. The predicted molar refractivity (Wildman–Crippen MR) is 124 cm³/mol. The summed E-state index contributed by atoms with van der Waals surface area (Å²) >= 11 is 0. The zero-order valence-corrected chi connectivity index (χ0v) is 21.0. The van der Waals surface area contributed by atoms with Crippen molar-refractivity contribution in [1.29, 1.82) is 0 Å². The third-order valence-electron chi connectivity index (χ3n) is 5.34. The number of urea groups is 1. The topological polar surface area (TPSA) is 80.6 Å². The van der Waals surface area contributed by atoms with Gasteiger partial charge in [0.15, 0.2) is 5.78 Å². The Morgan fingerprint density at radius 2 is 1.68 bits per heavy atom. The lowest BCUT2D eigenvalue weighted by atomic mass is 9.99. The maximum atomic E-state index is 13.6. The molecule has 0 aromatic carbocycles. The Morgan fingerprint density at radius 1 is 1.10 bits per heavy atom. The van der Waals surface area contributed by atoms with Crippen molar-refractivity contribution in [2.75, 3.05) is 13.2 Å². The minimum atomic E-state index is -0.666. The number of rotatable bonds is 9. The van der Waals surface area contributed by atoms with Gasteiger partial charge in [-0.1, -0.05) is 13.8 Å². The first kappa shape index (κ1) is 26.7. The Labute approximate surface area is 187 Å². The highest BCUT2D eigenvalue weighted by Gasteiger charge is 2.33. The maximum absolute atomic E-state index is 13.6. The largest absolute Gasteiger partial charge is 0.461 e. The van der Waals surface area contributed by atoms with Gasteiger partial charge < -0.3 is 19.5 Å². The lowest BCUT2D eigenvalue weighted by Crippen LogP contribution is -2.53. The van der Waals surface area contributed by atoms with Gasteiger partial charge in [-0.25, -0.2) is 9.59 Å². The van der Waals surface area contributed by atoms with E-state index in [2.05, 4.69) is 19.2 Å². The molecule has 1 aromatic rings. The number of nitrogens with zero attached hydrogens (tertiary/aromatic N) is 2. The molecular weight excluding hydrogens is 394 g/mol. The zero-order valence-electron chi connectivity index (χ0n) is 21.0. The molecule has 0 fully saturated rings. The second kappa shape index (κ2) is 10.8. The highest BCUT2D eigenvalue weighted by Crippen LogP contribution is 2.26. The Kier molecular flexibility index (Phi) is 9.33. The quantitative estimate of drug-likeness (QED) is 0.449. The summed E-state index contributed by atoms with van der Waals surface area (Å²) in [6.45, 7) is 20.3. The van der Waals surface area contributed by atoms with Crippen molar-refractivity contribution >= 4 is 17.8 Å². The van der Waals surface area contributed by atoms with Crippen LogP contribution in [0.25, 0.3) is 0 Å². The van der Waals surface area contributed by atoms with Gasteiger partial charge >= 0.3 is 12.0 Å². The first-order valence-electron chi connectivity index (χ1n) is 11.3. The summed E-state index contributed by atoms with van der Waals surface area (Å²) in [6, 6.07) is -0.925. The second-order valence-corrected chi connectivity index (χ2v) is 9.50. The normalized spacial score (nSPS) is 12.6. The van der Waals surface area contributed by atoms with Crippen LogP contribution in [0.2, 0.25) is 0 Å². The monoisotopic (exact) mass is 435 g/mol. The van der Waals surface area contributed by atoms with E-state index in [1.807, 2.05) is 39.2 Å². The maximum Gasteiger partial charge on any atom is 0.355 e. The molecule has 0 bridgehead atoms. The van der Waals surface area contributed by atoms with E-state index >= 15 is 0 Å². The van der Waals surface area contributed by atoms with Crippen molar-refractivity contribution in [1.82, 2.24) is 14.8 Å². The molecule has 1 atom stereocenters. The summed E-state index contributed by atoms with van der Waals surface area (Å²) in [4.78, 5) is 40.8. The molecule has 0 aliphatic heterocycles. The van der Waals surface area contributed by atoms with Crippen molar-refractivity contribution in [2.24, 2.45) is 5.92 Å². The number of esters is 1. The van der Waals surface area contributed by atoms with Crippen molar-refractivity contribution in [2.45, 2.75) is 93.8 Å². The molecule has 0 aliphatic carbocycles. The zero-order chi connectivity index (χ0) is 24.1. The molecule has 0 saturated carbocycles. The van der Waals surface area contributed by atoms with Crippen LogP contribution >= 0.6 is 0 Å². The molecule has 7 nitrogen and oxygen atoms in total. The summed E-state index contributed by atoms with van der Waals surface area (Å²) in [6.07, 6.45) is 0.789. The Balaban J connectivity index is 3.39. The standard InChI is InChI=1S/C24H41N3O4/c1-11-26-17(6)19(16(5)20(26)22(29)31-12-2)21(28)18(7)27(14-13-15(3)4)23(30)25-24(8,9)10/h15,18H,11-14H2,1-10H3,(H,25,30). The number of Topliss-reactive ketones (excluding diaryl/α,β-unsaturated/α-hetero) is 1. The Hall–Kier alpha value is -2.31. The molecule has 0 saturated heterocycles. The number of ketones is 1. The van der Waals surface area contributed by atoms with Crippen LogP contribution in [-0.4, -0.2) is 52.0 Å². The van der Waals surface area contributed by atoms with Crippen molar-refractivity contribution < 1.29 is 19.1 Å². The summed E-state index contributed by atoms with van der Waals surface area (Å²) in [5.41, 5.74) is 1.82. The average molecular weight is 436 g/mol. The van der Waals surface area contributed by atoms with Crippen molar-refractivity contribution in [3.8, 4) is 0 Å². The molecule has 1 aromatic heterocycles. The molecule has 1 unspecified atom stereocenters. The van der Waals surface area contributed by atoms with Crippen LogP contribution in [0, 0.1) is 19.8 Å². The van der Waals surface area contributed by atoms with E-state index < -0.39 is 17.6 Å². The fraction of sp³-hybridized carbons (Fsp3) is 0.708. The van der Waals surface area contributed by atoms with Gasteiger partial charge in [-0.3, -0.25) is 4.79 Å². The van der Waals surface area contributed by atoms with Gasteiger partial charge in [0.1, 0.15) is 5.69 Å². The fourth-order valence-electron chi connectivity index (χ4n) is 3.73. The number of carbonyl (C=O) groups excluding carboxylic acids is 3. The van der Waals surface area contributed by atoms with Crippen LogP contribution in [0.4, 0.5) is 4.79 Å². The van der Waals surface area contributed by atoms with E-state index in [0.717, 1.165) is 12.1 Å². The highest BCUT2D eigenvalue weighted by molar-refractivity contribution is 6.06. The first-order valence-corrected chi connectivity index (χ1v) is 11.3. The van der Waals surface area contributed by atoms with Crippen LogP contribution in [0.5, 0.6) is 0 Å². The van der Waals surface area contributed by atoms with Gasteiger partial charge in [-0.15, -0.1) is 0 Å². The number of hydrogen-bond donors (Lipinski definition) is 1. The third-order valence-corrected chi connectivity index (χ3v) is 5.34. The fourth-order valence-corrected chi connectivity index (χ4v) is 3.73. The molecule has 0 radical (unpaired) electrons. The van der Waals surface area contributed by atoms with Crippen LogP contribution in [0.1, 0.15) is 93.9 Å². The summed E-state index contributed by atoms with van der Waals surface area (Å²) < 4.78 is 7.04. The van der Waals surface area contributed by atoms with Gasteiger partial charge in [0.05, 0.1) is 12.6 Å². The van der Waals surface area contributed by atoms with Gasteiger partial charge in [-0.2, -0.15) is 0 Å². The molecule has 176 valence electrons. The second-order valence-electron chi connectivity index (χ2n) is 9.50. The number of amides is 2. The predicted octanol–water partition coefficient (Wildman–Crippen LogP) is 4.73. The van der Waals surface area contributed by atoms with Crippen LogP contribution < -0.4 is 5.32 Å². The minimum Gasteiger partial charge on any atom is -0.461 e. The van der Waals surface area contributed by atoms with Crippen LogP contribution in [-0.2, 0) is 11.3 Å². The number of carbonyl (C=O) groups is 3. The van der Waals surface area contributed by atoms with Gasteiger partial charge in [0.25, 0.3) is 0 Å². The molecule has 1 heterocycles. The number of ether oxygens (including phenoxy) is 1. The van der Waals surface area contributed by atoms with E-state index in [4.69, 9.17) is 4.74 Å². The summed E-state index contributed by atoms with van der Waals surface area (Å²) in [7, 11) is 0. The minimum absolute atomic E-state index is 0.166. The number of aromatic nitrogens is 1. The summed E-state index contributed by atoms with van der Waals surface area (Å²) in [5, 5.41) is 2.98.